The molecule has 0 spiro atoms. The first-order valence-corrected chi connectivity index (χ1v) is 14.5. The molecule has 1 fully saturated rings. The molecule has 14 nitrogen and oxygen atoms in total. The molecule has 20 heteroatoms. The number of hydrogen-bond acceptors (Lipinski definition) is 11. The topological polar surface area (TPSA) is 215 Å². The summed E-state index contributed by atoms with van der Waals surface area (Å²) >= 11 is 11.5. The zero-order valence-electron chi connectivity index (χ0n) is 22.0. The summed E-state index contributed by atoms with van der Waals surface area (Å²) in [4.78, 5) is 55.9. The molecular formula is C24H18Cl2F3N5O9S. The molecule has 0 bridgehead atoms. The van der Waals surface area contributed by atoms with E-state index in [1.165, 1.54) is 0 Å². The van der Waals surface area contributed by atoms with Gasteiger partial charge in [0, 0.05) is 25.2 Å². The molecule has 2 N–H and O–H groups in total. The minimum absolute atomic E-state index is 0.0668. The summed E-state index contributed by atoms with van der Waals surface area (Å²) in [6.07, 6.45) is -2.42. The van der Waals surface area contributed by atoms with Crippen LogP contribution in [-0.4, -0.2) is 51.7 Å². The molecule has 0 unspecified atom stereocenters. The highest BCUT2D eigenvalue weighted by atomic mass is 35.5. The Labute approximate surface area is 254 Å². The molecule has 4 rings (SSSR count). The number of nitrogens with two attached hydrogens (primary N) is 1. The van der Waals surface area contributed by atoms with E-state index in [9.17, 15) is 56.2 Å². The highest BCUT2D eigenvalue weighted by molar-refractivity contribution is 7.90. The number of rotatable bonds is 6. The summed E-state index contributed by atoms with van der Waals surface area (Å²) in [5.41, 5.74) is 2.61. The van der Waals surface area contributed by atoms with Crippen molar-refractivity contribution in [1.29, 1.82) is 0 Å². The second-order valence-electron chi connectivity index (χ2n) is 9.16. The van der Waals surface area contributed by atoms with Crippen LogP contribution in [0.4, 0.5) is 30.4 Å². The number of alkyl halides is 3. The minimum atomic E-state index is -4.63. The monoisotopic (exact) mass is 679 g/mol. The number of carbonyl (C=O) groups excluding carboxylic acids is 3. The molecule has 0 aliphatic heterocycles. The minimum Gasteiger partial charge on any atom is -0.378 e. The van der Waals surface area contributed by atoms with Crippen LogP contribution in [0.15, 0.2) is 41.4 Å². The van der Waals surface area contributed by atoms with Gasteiger partial charge in [0.2, 0.25) is 5.82 Å². The zero-order valence-corrected chi connectivity index (χ0v) is 24.3. The molecule has 0 atom stereocenters. The van der Waals surface area contributed by atoms with Gasteiger partial charge in [0.15, 0.2) is 27.2 Å². The number of ketones is 3. The van der Waals surface area contributed by atoms with Crippen molar-refractivity contribution in [3.8, 4) is 5.69 Å². The normalized spacial score (nSPS) is 14.1. The number of benzene rings is 2. The van der Waals surface area contributed by atoms with Gasteiger partial charge in [-0.15, -0.1) is 0 Å². The summed E-state index contributed by atoms with van der Waals surface area (Å²) in [6, 6.07) is 4.06. The smallest absolute Gasteiger partial charge is 0.378 e. The zero-order chi connectivity index (χ0) is 33.3. The van der Waals surface area contributed by atoms with Crippen molar-refractivity contribution in [3.63, 3.8) is 0 Å². The molecular weight excluding hydrogens is 662 g/mol. The van der Waals surface area contributed by atoms with Gasteiger partial charge in [-0.05, 0) is 30.7 Å². The molecule has 1 saturated carbocycles. The number of nitro benzene ring substituents is 1. The van der Waals surface area contributed by atoms with Crippen LogP contribution >= 0.6 is 23.2 Å². The predicted octanol–water partition coefficient (Wildman–Crippen LogP) is 4.81. The second-order valence-corrected chi connectivity index (χ2v) is 12.0. The second kappa shape index (κ2) is 12.7. The Kier molecular flexibility index (Phi) is 9.81. The van der Waals surface area contributed by atoms with Gasteiger partial charge < -0.3 is 5.73 Å². The first-order chi connectivity index (χ1) is 20.2. The number of Topliss-reactive ketones (excluding diaryl/α,β-unsaturated/α-hetero) is 3. The van der Waals surface area contributed by atoms with Gasteiger partial charge >= 0.3 is 11.9 Å². The van der Waals surface area contributed by atoms with Gasteiger partial charge in [0.1, 0.15) is 17.8 Å². The summed E-state index contributed by atoms with van der Waals surface area (Å²) in [6.45, 7) is 0. The van der Waals surface area contributed by atoms with E-state index in [1.54, 1.807) is 0 Å². The Hall–Kier alpha value is -4.42. The first kappa shape index (κ1) is 34.1. The van der Waals surface area contributed by atoms with Crippen LogP contribution in [0.3, 0.4) is 0 Å². The Morgan fingerprint density at radius 1 is 1.02 bits per heavy atom. The van der Waals surface area contributed by atoms with Gasteiger partial charge in [-0.25, -0.2) is 13.1 Å². The maximum absolute atomic E-state index is 12.6. The van der Waals surface area contributed by atoms with Crippen LogP contribution in [0.25, 0.3) is 5.69 Å². The third-order valence-electron chi connectivity index (χ3n) is 6.15. The Balaban J connectivity index is 0.000000241. The van der Waals surface area contributed by atoms with Crippen molar-refractivity contribution in [2.75, 3.05) is 12.0 Å². The Morgan fingerprint density at radius 3 is 1.98 bits per heavy atom. The number of hydrogen-bond donors (Lipinski definition) is 1. The number of nitro groups is 2. The Morgan fingerprint density at radius 2 is 1.55 bits per heavy atom. The van der Waals surface area contributed by atoms with Crippen LogP contribution in [-0.2, 0) is 25.6 Å². The van der Waals surface area contributed by atoms with Crippen LogP contribution in [0, 0.1) is 26.1 Å². The maximum atomic E-state index is 12.6. The third-order valence-corrected chi connectivity index (χ3v) is 7.84. The molecule has 1 aliphatic carbocycles. The third kappa shape index (κ3) is 7.20. The number of halogens is 5. The summed E-state index contributed by atoms with van der Waals surface area (Å²) in [5, 5.41) is 24.7. The number of nitrogens with zero attached hydrogens (tertiary/aromatic N) is 4. The summed E-state index contributed by atoms with van der Waals surface area (Å²) in [5.74, 6) is -4.01. The molecule has 3 aromatic rings. The molecule has 0 amide bonds. The lowest BCUT2D eigenvalue weighted by atomic mass is 9.81. The first-order valence-electron chi connectivity index (χ1n) is 11.9. The average Bonchev–Trinajstić information content (AvgIpc) is 3.28. The molecule has 234 valence electrons. The SMILES string of the molecule is CS(=O)(=O)c1ccc(C(=O)C2C(=O)CCCC2=O)c([N+](=O)[O-])c1.Nc1c([N+](=O)[O-])cnn1-c1c(Cl)cc(C(F)(F)F)cc1Cl. The standard InChI is InChI=1S/C14H13NO7S.C10H5Cl2F3N4O2/c1-23(21,22)8-5-6-9(10(7-8)15(19)20)14(18)13-11(16)3-2-4-12(13)17;11-5-1-4(10(13,14)15)2-6(12)8(5)18-9(16)7(3-17-18)19(20)21/h5-7,13H,2-4H2,1H3;1-3H,16H2. The molecule has 44 heavy (non-hydrogen) atoms. The average molecular weight is 680 g/mol. The lowest BCUT2D eigenvalue weighted by Gasteiger charge is -2.18. The molecule has 2 aromatic carbocycles. The van der Waals surface area contributed by atoms with Gasteiger partial charge in [-0.2, -0.15) is 18.3 Å². The van der Waals surface area contributed by atoms with Crippen molar-refractivity contribution < 1.29 is 45.8 Å². The van der Waals surface area contributed by atoms with Crippen LogP contribution in [0.2, 0.25) is 10.0 Å². The van der Waals surface area contributed by atoms with Crippen LogP contribution in [0.1, 0.15) is 35.2 Å². The molecule has 1 aliphatic rings. The van der Waals surface area contributed by atoms with E-state index in [2.05, 4.69) is 5.10 Å². The van der Waals surface area contributed by atoms with Gasteiger partial charge in [-0.3, -0.25) is 34.6 Å². The predicted molar refractivity (Wildman–Crippen MR) is 148 cm³/mol. The molecule has 1 heterocycles. The van der Waals surface area contributed by atoms with Crippen molar-refractivity contribution in [1.82, 2.24) is 9.78 Å². The van der Waals surface area contributed by atoms with Crippen LogP contribution < -0.4 is 5.73 Å². The van der Waals surface area contributed by atoms with Crippen molar-refractivity contribution in [3.05, 3.63) is 77.9 Å². The van der Waals surface area contributed by atoms with E-state index in [0.29, 0.717) is 18.6 Å². The number of carbonyl (C=O) groups is 3. The van der Waals surface area contributed by atoms with E-state index in [-0.39, 0.29) is 33.5 Å². The summed E-state index contributed by atoms with van der Waals surface area (Å²) in [7, 11) is -3.70. The fraction of sp³-hybridized carbons (Fsp3) is 0.250. The lowest BCUT2D eigenvalue weighted by Crippen LogP contribution is -2.35. The van der Waals surface area contributed by atoms with Gasteiger partial charge in [0.05, 0.1) is 35.9 Å². The lowest BCUT2D eigenvalue weighted by molar-refractivity contribution is -0.385. The van der Waals surface area contributed by atoms with E-state index in [0.717, 1.165) is 35.3 Å². The highest BCUT2D eigenvalue weighted by Gasteiger charge is 2.39. The van der Waals surface area contributed by atoms with Crippen molar-refractivity contribution >= 4 is 67.6 Å². The molecule has 1 aromatic heterocycles. The van der Waals surface area contributed by atoms with E-state index in [1.807, 2.05) is 0 Å². The van der Waals surface area contributed by atoms with Crippen molar-refractivity contribution in [2.45, 2.75) is 30.3 Å². The molecule has 0 radical (unpaired) electrons. The van der Waals surface area contributed by atoms with Gasteiger partial charge in [0.25, 0.3) is 5.69 Å². The van der Waals surface area contributed by atoms with E-state index < -0.39 is 77.4 Å². The van der Waals surface area contributed by atoms with Gasteiger partial charge in [-0.1, -0.05) is 23.2 Å². The molecule has 0 saturated heterocycles. The number of aromatic nitrogens is 2. The number of nitrogen functional groups attached to an aromatic ring is 1. The van der Waals surface area contributed by atoms with Crippen LogP contribution in [0.5, 0.6) is 0 Å². The fourth-order valence-corrected chi connectivity index (χ4v) is 5.34. The maximum Gasteiger partial charge on any atom is 0.416 e. The number of anilines is 1. The highest BCUT2D eigenvalue weighted by Crippen LogP contribution is 2.39. The van der Waals surface area contributed by atoms with Crippen molar-refractivity contribution in [2.24, 2.45) is 5.92 Å². The Bertz CT molecular complexity index is 1790. The quantitative estimate of drug-likeness (QED) is 0.161. The summed E-state index contributed by atoms with van der Waals surface area (Å²) < 4.78 is 61.6. The van der Waals surface area contributed by atoms with E-state index >= 15 is 0 Å². The van der Waals surface area contributed by atoms with E-state index in [4.69, 9.17) is 28.9 Å². The largest absolute Gasteiger partial charge is 0.416 e. The fourth-order valence-electron chi connectivity index (χ4n) is 4.05. The number of sulfone groups is 1.